The van der Waals surface area contributed by atoms with Crippen LogP contribution in [-0.2, 0) is 29.8 Å². The van der Waals surface area contributed by atoms with Gasteiger partial charge in [-0.1, -0.05) is 23.7 Å². The van der Waals surface area contributed by atoms with Crippen molar-refractivity contribution in [3.63, 3.8) is 0 Å². The van der Waals surface area contributed by atoms with Gasteiger partial charge in [0.25, 0.3) is 5.79 Å². The number of rotatable bonds is 7. The van der Waals surface area contributed by atoms with Crippen molar-refractivity contribution in [1.82, 2.24) is 24.6 Å². The fourth-order valence-electron chi connectivity index (χ4n) is 6.26. The first-order valence-electron chi connectivity index (χ1n) is 14.5. The number of ether oxygens (including phenoxy) is 3. The van der Waals surface area contributed by atoms with Crippen molar-refractivity contribution < 1.29 is 36.3 Å². The molecule has 238 valence electrons. The van der Waals surface area contributed by atoms with E-state index in [9.17, 15) is 22.4 Å². The number of piperidine rings is 1. The second-order valence-electron chi connectivity index (χ2n) is 11.5. The predicted molar refractivity (Wildman–Crippen MR) is 151 cm³/mol. The van der Waals surface area contributed by atoms with Crippen LogP contribution in [-0.4, -0.2) is 50.4 Å². The molecular formula is C30H28ClF4N5O5. The number of halogens is 5. The van der Waals surface area contributed by atoms with Gasteiger partial charge < -0.3 is 23.3 Å². The van der Waals surface area contributed by atoms with E-state index in [2.05, 4.69) is 19.6 Å². The Hall–Kier alpha value is -3.88. The highest BCUT2D eigenvalue weighted by Gasteiger charge is 2.44. The van der Waals surface area contributed by atoms with Crippen molar-refractivity contribution in [3.05, 3.63) is 80.4 Å². The molecule has 4 aromatic rings. The number of para-hydroxylation sites is 1. The lowest BCUT2D eigenvalue weighted by Crippen LogP contribution is -2.35. The average Bonchev–Trinajstić information content (AvgIpc) is 3.65. The molecule has 2 fully saturated rings. The van der Waals surface area contributed by atoms with Gasteiger partial charge in [-0.05, 0) is 62.5 Å². The van der Waals surface area contributed by atoms with E-state index in [4.69, 9.17) is 25.8 Å². The Morgan fingerprint density at radius 1 is 1.11 bits per heavy atom. The molecule has 7 rings (SSSR count). The molecule has 45 heavy (non-hydrogen) atoms. The van der Waals surface area contributed by atoms with Crippen molar-refractivity contribution in [1.29, 1.82) is 0 Å². The fraction of sp³-hybridized carbons (Fsp3) is 0.433. The monoisotopic (exact) mass is 649 g/mol. The van der Waals surface area contributed by atoms with E-state index in [1.165, 1.54) is 10.6 Å². The topological polar surface area (TPSA) is 108 Å². The van der Waals surface area contributed by atoms with Gasteiger partial charge in [0.15, 0.2) is 23.0 Å². The number of imidazole rings is 1. The summed E-state index contributed by atoms with van der Waals surface area (Å²) in [5.41, 5.74) is -0.358. The first kappa shape index (κ1) is 29.8. The molecule has 0 bridgehead atoms. The van der Waals surface area contributed by atoms with Crippen LogP contribution in [0.3, 0.4) is 0 Å². The van der Waals surface area contributed by atoms with Crippen LogP contribution in [0.2, 0.25) is 5.02 Å². The van der Waals surface area contributed by atoms with E-state index in [0.29, 0.717) is 50.5 Å². The van der Waals surface area contributed by atoms with Gasteiger partial charge in [-0.25, -0.2) is 14.2 Å². The van der Waals surface area contributed by atoms with Gasteiger partial charge in [0.2, 0.25) is 0 Å². The highest BCUT2D eigenvalue weighted by Crippen LogP contribution is 2.50. The van der Waals surface area contributed by atoms with Gasteiger partial charge >= 0.3 is 11.9 Å². The Kier molecular flexibility index (Phi) is 7.40. The number of alkyl halides is 3. The van der Waals surface area contributed by atoms with E-state index in [1.807, 2.05) is 17.0 Å². The molecule has 0 radical (unpaired) electrons. The Labute approximate surface area is 258 Å². The van der Waals surface area contributed by atoms with Crippen molar-refractivity contribution in [2.45, 2.75) is 63.3 Å². The van der Waals surface area contributed by atoms with Gasteiger partial charge in [-0.3, -0.25) is 4.90 Å². The SMILES string of the molecule is CC1(c2ccc(Cl)cc2F)Oc2cccc(C3CCN(Cc4nc(C(F)(F)F)c(-c5nc(=O)o[nH]5)n4CC4CCO4)CC3)c2O1. The van der Waals surface area contributed by atoms with Crippen molar-refractivity contribution in [3.8, 4) is 23.0 Å². The average molecular weight is 650 g/mol. The molecule has 0 saturated carbocycles. The lowest BCUT2D eigenvalue weighted by Gasteiger charge is -2.33. The number of fused-ring (bicyclic) bond motifs is 1. The number of aromatic amines is 1. The molecule has 3 aliphatic heterocycles. The minimum atomic E-state index is -4.79. The highest BCUT2D eigenvalue weighted by molar-refractivity contribution is 6.30. The van der Waals surface area contributed by atoms with Crippen molar-refractivity contribution >= 4 is 11.6 Å². The van der Waals surface area contributed by atoms with E-state index < -0.39 is 29.2 Å². The zero-order chi connectivity index (χ0) is 31.5. The third kappa shape index (κ3) is 5.59. The maximum Gasteiger partial charge on any atom is 0.460 e. The van der Waals surface area contributed by atoms with Gasteiger partial charge in [0, 0.05) is 24.1 Å². The zero-order valence-corrected chi connectivity index (χ0v) is 24.8. The summed E-state index contributed by atoms with van der Waals surface area (Å²) >= 11 is 5.94. The largest absolute Gasteiger partial charge is 0.460 e. The van der Waals surface area contributed by atoms with Crippen LogP contribution in [0, 0.1) is 5.82 Å². The van der Waals surface area contributed by atoms with Crippen LogP contribution in [0.5, 0.6) is 11.5 Å². The molecule has 1 N–H and O–H groups in total. The maximum absolute atomic E-state index is 14.8. The molecule has 2 aromatic carbocycles. The van der Waals surface area contributed by atoms with Gasteiger partial charge in [0.05, 0.1) is 24.8 Å². The van der Waals surface area contributed by atoms with Crippen LogP contribution < -0.4 is 15.2 Å². The quantitative estimate of drug-likeness (QED) is 0.249. The first-order valence-corrected chi connectivity index (χ1v) is 14.9. The molecule has 2 unspecified atom stereocenters. The van der Waals surface area contributed by atoms with Gasteiger partial charge in [-0.2, -0.15) is 23.3 Å². The Morgan fingerprint density at radius 3 is 2.53 bits per heavy atom. The molecule has 2 saturated heterocycles. The number of aromatic nitrogens is 4. The summed E-state index contributed by atoms with van der Waals surface area (Å²) in [6.07, 6.45) is -3.01. The summed E-state index contributed by atoms with van der Waals surface area (Å²) in [6.45, 7) is 3.59. The molecule has 5 heterocycles. The summed E-state index contributed by atoms with van der Waals surface area (Å²) < 4.78 is 81.3. The number of H-pyrrole nitrogens is 1. The predicted octanol–water partition coefficient (Wildman–Crippen LogP) is 5.85. The Balaban J connectivity index is 1.11. The molecule has 2 aromatic heterocycles. The fourth-order valence-corrected chi connectivity index (χ4v) is 6.41. The molecule has 2 atom stereocenters. The summed E-state index contributed by atoms with van der Waals surface area (Å²) in [5, 5.41) is 2.47. The van der Waals surface area contributed by atoms with E-state index in [1.54, 1.807) is 25.1 Å². The van der Waals surface area contributed by atoms with Crippen LogP contribution >= 0.6 is 11.6 Å². The minimum Gasteiger partial charge on any atom is -0.444 e. The van der Waals surface area contributed by atoms with Crippen LogP contribution in [0.25, 0.3) is 11.5 Å². The second kappa shape index (κ2) is 11.2. The van der Waals surface area contributed by atoms with E-state index in [0.717, 1.165) is 5.56 Å². The Bertz CT molecular complexity index is 1790. The van der Waals surface area contributed by atoms with E-state index in [-0.39, 0.29) is 53.0 Å². The summed E-state index contributed by atoms with van der Waals surface area (Å²) in [5.74, 6) is -1.98. The van der Waals surface area contributed by atoms with Crippen LogP contribution in [0.15, 0.2) is 45.7 Å². The summed E-state index contributed by atoms with van der Waals surface area (Å²) in [6, 6.07) is 9.92. The number of hydrogen-bond acceptors (Lipinski definition) is 8. The number of nitrogens with zero attached hydrogens (tertiary/aromatic N) is 4. The standard InChI is InChI=1S/C30H28ClF4N5O5/c1-29(20-6-5-17(31)13-21(20)32)43-22-4-2-3-19(25(22)44-29)16-7-10-39(11-8-16)15-23-36-26(30(33,34)35)24(27-37-28(41)45-38-27)40(23)14-18-9-12-42-18/h2-6,13,16,18H,7-12,14-15H2,1H3,(H,37,38,41). The van der Waals surface area contributed by atoms with Gasteiger partial charge in [0.1, 0.15) is 17.3 Å². The highest BCUT2D eigenvalue weighted by atomic mass is 35.5. The van der Waals surface area contributed by atoms with E-state index >= 15 is 0 Å². The number of hydrogen-bond donors (Lipinski definition) is 1. The third-order valence-electron chi connectivity index (χ3n) is 8.58. The number of nitrogens with one attached hydrogen (secondary N) is 1. The molecule has 15 heteroatoms. The molecular weight excluding hydrogens is 622 g/mol. The summed E-state index contributed by atoms with van der Waals surface area (Å²) in [4.78, 5) is 21.3. The second-order valence-corrected chi connectivity index (χ2v) is 12.0. The van der Waals surface area contributed by atoms with Crippen molar-refractivity contribution in [2.24, 2.45) is 0 Å². The molecule has 0 amide bonds. The normalized spacial score (nSPS) is 22.1. The van der Waals surface area contributed by atoms with Gasteiger partial charge in [-0.15, -0.1) is 0 Å². The summed E-state index contributed by atoms with van der Waals surface area (Å²) in [7, 11) is 0. The smallest absolute Gasteiger partial charge is 0.444 e. The van der Waals surface area contributed by atoms with Crippen LogP contribution in [0.1, 0.15) is 54.7 Å². The molecule has 0 spiro atoms. The zero-order valence-electron chi connectivity index (χ0n) is 24.0. The number of likely N-dealkylation sites (tertiary alicyclic amines) is 1. The number of benzene rings is 2. The first-order chi connectivity index (χ1) is 21.5. The molecule has 0 aliphatic carbocycles. The Morgan fingerprint density at radius 2 is 1.89 bits per heavy atom. The lowest BCUT2D eigenvalue weighted by molar-refractivity contribution is -0.140. The van der Waals surface area contributed by atoms with Crippen molar-refractivity contribution in [2.75, 3.05) is 19.7 Å². The maximum atomic E-state index is 14.8. The third-order valence-corrected chi connectivity index (χ3v) is 8.82. The molecule has 3 aliphatic rings. The molecule has 10 nitrogen and oxygen atoms in total. The minimum absolute atomic E-state index is 0.0711. The van der Waals surface area contributed by atoms with Crippen LogP contribution in [0.4, 0.5) is 17.6 Å². The lowest BCUT2D eigenvalue weighted by atomic mass is 9.88.